The molecule has 1 aliphatic rings. The Kier molecular flexibility index (Phi) is 5.80. The van der Waals surface area contributed by atoms with Gasteiger partial charge in [-0.1, -0.05) is 23.7 Å². The molecule has 1 aliphatic carbocycles. The third kappa shape index (κ3) is 5.30. The minimum absolute atomic E-state index is 0.257. The van der Waals surface area contributed by atoms with Gasteiger partial charge in [0.2, 0.25) is 0 Å². The third-order valence-corrected chi connectivity index (χ3v) is 4.34. The molecule has 26 heavy (non-hydrogen) atoms. The number of amides is 1. The van der Waals surface area contributed by atoms with E-state index in [0.717, 1.165) is 4.90 Å². The molecule has 0 heterocycles. The number of hydrogen-bond donors (Lipinski definition) is 1. The fourth-order valence-corrected chi connectivity index (χ4v) is 2.89. The van der Waals surface area contributed by atoms with E-state index in [1.807, 2.05) is 0 Å². The molecular formula is C18H22ClF2NO4. The number of carboxylic acid groups (broad SMARTS) is 1. The Labute approximate surface area is 155 Å². The van der Waals surface area contributed by atoms with E-state index in [1.54, 1.807) is 45.0 Å². The maximum atomic E-state index is 13.3. The molecule has 5 nitrogen and oxygen atoms in total. The Balaban J connectivity index is 2.24. The number of benzene rings is 1. The number of ether oxygens (including phenoxy) is 1. The van der Waals surface area contributed by atoms with Gasteiger partial charge in [0.05, 0.1) is 5.92 Å². The number of alkyl halides is 2. The summed E-state index contributed by atoms with van der Waals surface area (Å²) in [5.74, 6) is -5.08. The van der Waals surface area contributed by atoms with Gasteiger partial charge in [-0.25, -0.2) is 13.6 Å². The molecule has 0 aliphatic heterocycles. The maximum absolute atomic E-state index is 13.3. The summed E-state index contributed by atoms with van der Waals surface area (Å²) in [6.45, 7) is 4.72. The average Bonchev–Trinajstić information content (AvgIpc) is 2.45. The van der Waals surface area contributed by atoms with Crippen LogP contribution >= 0.6 is 11.6 Å². The summed E-state index contributed by atoms with van der Waals surface area (Å²) in [6.07, 6.45) is -1.79. The van der Waals surface area contributed by atoms with Crippen LogP contribution in [0.3, 0.4) is 0 Å². The number of hydrogen-bond acceptors (Lipinski definition) is 3. The van der Waals surface area contributed by atoms with Crippen molar-refractivity contribution in [2.24, 2.45) is 0 Å². The van der Waals surface area contributed by atoms with Crippen molar-refractivity contribution >= 4 is 23.7 Å². The van der Waals surface area contributed by atoms with E-state index in [4.69, 9.17) is 16.3 Å². The SMILES string of the molecule is CC(C)(C)OC(=O)N(C[C@@H](C(=O)O)c1ccc(Cl)cc1)C1CC(F)(F)C1. The molecule has 144 valence electrons. The molecule has 0 aromatic heterocycles. The molecule has 2 rings (SSSR count). The van der Waals surface area contributed by atoms with E-state index in [9.17, 15) is 23.5 Å². The van der Waals surface area contributed by atoms with Crippen molar-refractivity contribution in [3.05, 3.63) is 34.9 Å². The van der Waals surface area contributed by atoms with Crippen LogP contribution in [0, 0.1) is 0 Å². The van der Waals surface area contributed by atoms with Crippen molar-refractivity contribution in [3.8, 4) is 0 Å². The van der Waals surface area contributed by atoms with Crippen LogP contribution in [0.2, 0.25) is 5.02 Å². The van der Waals surface area contributed by atoms with E-state index in [-0.39, 0.29) is 6.54 Å². The van der Waals surface area contributed by atoms with Crippen molar-refractivity contribution in [1.29, 1.82) is 0 Å². The highest BCUT2D eigenvalue weighted by molar-refractivity contribution is 6.30. The fourth-order valence-electron chi connectivity index (χ4n) is 2.76. The Morgan fingerprint density at radius 2 is 1.85 bits per heavy atom. The van der Waals surface area contributed by atoms with Crippen molar-refractivity contribution in [2.75, 3.05) is 6.54 Å². The molecule has 1 aromatic carbocycles. The topological polar surface area (TPSA) is 66.8 Å². The van der Waals surface area contributed by atoms with Gasteiger partial charge in [-0.2, -0.15) is 0 Å². The molecule has 0 saturated heterocycles. The van der Waals surface area contributed by atoms with Gasteiger partial charge in [-0.05, 0) is 38.5 Å². The monoisotopic (exact) mass is 389 g/mol. The largest absolute Gasteiger partial charge is 0.481 e. The predicted molar refractivity (Wildman–Crippen MR) is 92.7 cm³/mol. The zero-order chi connectivity index (χ0) is 19.7. The second-order valence-electron chi connectivity index (χ2n) is 7.49. The molecule has 0 bridgehead atoms. The average molecular weight is 390 g/mol. The van der Waals surface area contributed by atoms with Gasteiger partial charge in [-0.15, -0.1) is 0 Å². The lowest BCUT2D eigenvalue weighted by Gasteiger charge is -2.43. The van der Waals surface area contributed by atoms with Crippen molar-refractivity contribution in [1.82, 2.24) is 4.90 Å². The lowest BCUT2D eigenvalue weighted by Crippen LogP contribution is -2.55. The Bertz CT molecular complexity index is 665. The molecular weight excluding hydrogens is 368 g/mol. The molecule has 0 radical (unpaired) electrons. The molecule has 1 amide bonds. The number of aliphatic carboxylic acids is 1. The second-order valence-corrected chi connectivity index (χ2v) is 7.93. The number of halogens is 3. The van der Waals surface area contributed by atoms with Gasteiger partial charge < -0.3 is 14.7 Å². The minimum atomic E-state index is -2.84. The smallest absolute Gasteiger partial charge is 0.410 e. The summed E-state index contributed by atoms with van der Waals surface area (Å²) in [5, 5.41) is 10.0. The quantitative estimate of drug-likeness (QED) is 0.802. The minimum Gasteiger partial charge on any atom is -0.481 e. The van der Waals surface area contributed by atoms with Gasteiger partial charge in [-0.3, -0.25) is 4.79 Å². The normalized spacial score (nSPS) is 17.9. The van der Waals surface area contributed by atoms with E-state index >= 15 is 0 Å². The van der Waals surface area contributed by atoms with Gasteiger partial charge in [0, 0.05) is 30.5 Å². The number of rotatable bonds is 5. The first-order chi connectivity index (χ1) is 11.9. The van der Waals surface area contributed by atoms with Crippen LogP contribution in [0.25, 0.3) is 0 Å². The lowest BCUT2D eigenvalue weighted by atomic mass is 9.86. The van der Waals surface area contributed by atoms with Crippen molar-refractivity contribution in [3.63, 3.8) is 0 Å². The fraction of sp³-hybridized carbons (Fsp3) is 0.556. The summed E-state index contributed by atoms with van der Waals surface area (Å²) in [7, 11) is 0. The summed E-state index contributed by atoms with van der Waals surface area (Å²) >= 11 is 5.82. The first-order valence-corrected chi connectivity index (χ1v) is 8.61. The van der Waals surface area contributed by atoms with Crippen LogP contribution in [0.5, 0.6) is 0 Å². The highest BCUT2D eigenvalue weighted by atomic mass is 35.5. The highest BCUT2D eigenvalue weighted by Gasteiger charge is 2.50. The number of carbonyl (C=O) groups is 2. The molecule has 0 spiro atoms. The van der Waals surface area contributed by atoms with Crippen LogP contribution in [0.1, 0.15) is 45.1 Å². The van der Waals surface area contributed by atoms with E-state index in [0.29, 0.717) is 10.6 Å². The number of nitrogens with zero attached hydrogens (tertiary/aromatic N) is 1. The highest BCUT2D eigenvalue weighted by Crippen LogP contribution is 2.41. The van der Waals surface area contributed by atoms with E-state index in [2.05, 4.69) is 0 Å². The lowest BCUT2D eigenvalue weighted by molar-refractivity contribution is -0.141. The van der Waals surface area contributed by atoms with Gasteiger partial charge in [0.1, 0.15) is 5.60 Å². The first kappa shape index (κ1) is 20.4. The Hall–Kier alpha value is -1.89. The third-order valence-electron chi connectivity index (χ3n) is 4.09. The van der Waals surface area contributed by atoms with E-state index < -0.39 is 48.4 Å². The molecule has 1 atom stereocenters. The van der Waals surface area contributed by atoms with Gasteiger partial charge >= 0.3 is 12.1 Å². The molecule has 1 saturated carbocycles. The van der Waals surface area contributed by atoms with Crippen LogP contribution in [-0.2, 0) is 9.53 Å². The summed E-state index contributed by atoms with van der Waals surface area (Å²) in [5.41, 5.74) is -0.387. The zero-order valence-electron chi connectivity index (χ0n) is 14.8. The summed E-state index contributed by atoms with van der Waals surface area (Å²) in [4.78, 5) is 25.3. The Morgan fingerprint density at radius 3 is 2.27 bits per heavy atom. The predicted octanol–water partition coefficient (Wildman–Crippen LogP) is 4.54. The number of carboxylic acids is 1. The van der Waals surface area contributed by atoms with Gasteiger partial charge in [0.15, 0.2) is 0 Å². The summed E-state index contributed by atoms with van der Waals surface area (Å²) in [6, 6.07) is 5.42. The molecule has 0 unspecified atom stereocenters. The first-order valence-electron chi connectivity index (χ1n) is 8.24. The molecule has 8 heteroatoms. The zero-order valence-corrected chi connectivity index (χ0v) is 15.6. The molecule has 1 N–H and O–H groups in total. The van der Waals surface area contributed by atoms with Gasteiger partial charge in [0.25, 0.3) is 5.92 Å². The van der Waals surface area contributed by atoms with Crippen molar-refractivity contribution < 1.29 is 28.2 Å². The summed E-state index contributed by atoms with van der Waals surface area (Å²) < 4.78 is 31.9. The van der Waals surface area contributed by atoms with Crippen LogP contribution < -0.4 is 0 Å². The van der Waals surface area contributed by atoms with Crippen LogP contribution in [0.4, 0.5) is 13.6 Å². The number of carbonyl (C=O) groups excluding carboxylic acids is 1. The standard InChI is InChI=1S/C18H22ClF2NO4/c1-17(2,3)26-16(25)22(13-8-18(20,21)9-13)10-14(15(23)24)11-4-6-12(19)7-5-11/h4-7,13-14H,8-10H2,1-3H3,(H,23,24)/t14-/m1/s1. The maximum Gasteiger partial charge on any atom is 0.410 e. The second kappa shape index (κ2) is 7.39. The Morgan fingerprint density at radius 1 is 1.31 bits per heavy atom. The van der Waals surface area contributed by atoms with Crippen LogP contribution in [0.15, 0.2) is 24.3 Å². The molecule has 1 fully saturated rings. The van der Waals surface area contributed by atoms with Crippen molar-refractivity contribution in [2.45, 2.75) is 57.1 Å². The van der Waals surface area contributed by atoms with Crippen LogP contribution in [-0.4, -0.2) is 46.2 Å². The molecule has 1 aromatic rings. The van der Waals surface area contributed by atoms with E-state index in [1.165, 1.54) is 0 Å².